The van der Waals surface area contributed by atoms with Crippen LogP contribution in [0, 0.1) is 13.8 Å². The molecule has 0 saturated heterocycles. The van der Waals surface area contributed by atoms with E-state index in [1.165, 1.54) is 5.56 Å². The van der Waals surface area contributed by atoms with E-state index < -0.39 is 0 Å². The molecule has 6 nitrogen and oxygen atoms in total. The maximum atomic E-state index is 12.5. The molecule has 24 heavy (non-hydrogen) atoms. The number of aryl methyl sites for hydroxylation is 2. The molecule has 1 amide bonds. The van der Waals surface area contributed by atoms with E-state index in [0.717, 1.165) is 29.5 Å². The fraction of sp³-hybridized carbons (Fsp3) is 0.500. The van der Waals surface area contributed by atoms with Gasteiger partial charge in [0.05, 0.1) is 6.54 Å². The zero-order valence-electron chi connectivity index (χ0n) is 14.7. The molecule has 0 atom stereocenters. The molecular weight excluding hydrogens is 304 g/mol. The molecule has 0 N–H and O–H groups in total. The molecule has 2 aromatic rings. The number of rotatable bonds is 4. The molecule has 3 rings (SSSR count). The summed E-state index contributed by atoms with van der Waals surface area (Å²) in [5, 5.41) is 8.20. The number of fused-ring (bicyclic) bond motifs is 1. The van der Waals surface area contributed by atoms with Crippen molar-refractivity contribution in [1.29, 1.82) is 0 Å². The minimum Gasteiger partial charge on any atom is -0.483 e. The highest BCUT2D eigenvalue weighted by Crippen LogP contribution is 2.24. The minimum absolute atomic E-state index is 0.0174. The molecule has 0 bridgehead atoms. The van der Waals surface area contributed by atoms with Gasteiger partial charge in [-0.15, -0.1) is 10.2 Å². The summed E-state index contributed by atoms with van der Waals surface area (Å²) in [6.07, 6.45) is 0. The number of aromatic nitrogens is 3. The second-order valence-electron chi connectivity index (χ2n) is 6.60. The summed E-state index contributed by atoms with van der Waals surface area (Å²) in [7, 11) is 0. The monoisotopic (exact) mass is 328 g/mol. The zero-order chi connectivity index (χ0) is 17.3. The van der Waals surface area contributed by atoms with Gasteiger partial charge in [-0.1, -0.05) is 26.0 Å². The van der Waals surface area contributed by atoms with Crippen LogP contribution in [0.4, 0.5) is 0 Å². The Bertz CT molecular complexity index is 751. The third-order valence-electron chi connectivity index (χ3n) is 4.52. The van der Waals surface area contributed by atoms with Gasteiger partial charge in [-0.25, -0.2) is 0 Å². The maximum absolute atomic E-state index is 12.5. The Labute approximate surface area is 142 Å². The van der Waals surface area contributed by atoms with Gasteiger partial charge in [0.25, 0.3) is 5.91 Å². The van der Waals surface area contributed by atoms with E-state index in [1.54, 1.807) is 4.90 Å². The number of ether oxygens (including phenoxy) is 1. The fourth-order valence-electron chi connectivity index (χ4n) is 2.88. The van der Waals surface area contributed by atoms with Crippen LogP contribution < -0.4 is 4.74 Å². The molecule has 0 saturated carbocycles. The van der Waals surface area contributed by atoms with Gasteiger partial charge in [-0.3, -0.25) is 4.79 Å². The van der Waals surface area contributed by atoms with Gasteiger partial charge in [0, 0.05) is 13.1 Å². The van der Waals surface area contributed by atoms with Gasteiger partial charge < -0.3 is 14.2 Å². The largest absolute Gasteiger partial charge is 0.483 e. The van der Waals surface area contributed by atoms with Crippen LogP contribution in [-0.2, 0) is 17.9 Å². The van der Waals surface area contributed by atoms with Gasteiger partial charge >= 0.3 is 0 Å². The summed E-state index contributed by atoms with van der Waals surface area (Å²) in [5.41, 5.74) is 2.26. The zero-order valence-corrected chi connectivity index (χ0v) is 14.7. The van der Waals surface area contributed by atoms with Crippen molar-refractivity contribution in [2.45, 2.75) is 46.7 Å². The first-order chi connectivity index (χ1) is 11.5. The molecule has 0 fully saturated rings. The highest BCUT2D eigenvalue weighted by Gasteiger charge is 2.23. The average molecular weight is 328 g/mol. The predicted molar refractivity (Wildman–Crippen MR) is 90.9 cm³/mol. The van der Waals surface area contributed by atoms with Crippen molar-refractivity contribution in [1.82, 2.24) is 19.7 Å². The van der Waals surface area contributed by atoms with Crippen molar-refractivity contribution in [2.24, 2.45) is 0 Å². The van der Waals surface area contributed by atoms with Crippen molar-refractivity contribution < 1.29 is 9.53 Å². The van der Waals surface area contributed by atoms with E-state index in [2.05, 4.69) is 34.7 Å². The third-order valence-corrected chi connectivity index (χ3v) is 4.52. The van der Waals surface area contributed by atoms with E-state index in [-0.39, 0.29) is 12.5 Å². The van der Waals surface area contributed by atoms with Crippen LogP contribution in [-0.4, -0.2) is 38.7 Å². The van der Waals surface area contributed by atoms with Crippen molar-refractivity contribution in [3.8, 4) is 5.75 Å². The Kier molecular flexibility index (Phi) is 4.55. The first-order valence-electron chi connectivity index (χ1n) is 8.35. The van der Waals surface area contributed by atoms with Crippen molar-refractivity contribution in [3.63, 3.8) is 0 Å². The molecule has 0 unspecified atom stereocenters. The van der Waals surface area contributed by atoms with E-state index in [1.807, 2.05) is 26.0 Å². The van der Waals surface area contributed by atoms with Crippen LogP contribution >= 0.6 is 0 Å². The number of amides is 1. The highest BCUT2D eigenvalue weighted by molar-refractivity contribution is 5.77. The third kappa shape index (κ3) is 3.27. The number of nitrogens with zero attached hydrogens (tertiary/aromatic N) is 4. The van der Waals surface area contributed by atoms with Crippen LogP contribution in [0.2, 0.25) is 0 Å². The Morgan fingerprint density at radius 1 is 1.25 bits per heavy atom. The molecule has 1 aromatic carbocycles. The molecular formula is C18H24N4O2. The van der Waals surface area contributed by atoms with E-state index in [4.69, 9.17) is 4.74 Å². The van der Waals surface area contributed by atoms with Crippen LogP contribution in [0.1, 0.15) is 42.5 Å². The summed E-state index contributed by atoms with van der Waals surface area (Å²) >= 11 is 0. The predicted octanol–water partition coefficient (Wildman–Crippen LogP) is 2.44. The van der Waals surface area contributed by atoms with Crippen LogP contribution in [0.5, 0.6) is 5.75 Å². The summed E-state index contributed by atoms with van der Waals surface area (Å²) in [6.45, 7) is 10.2. The normalized spacial score (nSPS) is 14.0. The second kappa shape index (κ2) is 6.63. The Morgan fingerprint density at radius 3 is 2.79 bits per heavy atom. The molecule has 2 heterocycles. The summed E-state index contributed by atoms with van der Waals surface area (Å²) in [4.78, 5) is 14.2. The van der Waals surface area contributed by atoms with E-state index in [9.17, 15) is 4.79 Å². The number of carbonyl (C=O) groups excluding carboxylic acids is 1. The van der Waals surface area contributed by atoms with Crippen molar-refractivity contribution >= 4 is 5.91 Å². The van der Waals surface area contributed by atoms with E-state index >= 15 is 0 Å². The molecule has 128 valence electrons. The SMILES string of the molecule is Cc1ccc(C(C)C)cc1OCC(=O)N1CCn2c(C)nnc2C1. The number of carbonyl (C=O) groups is 1. The molecule has 0 aliphatic carbocycles. The summed E-state index contributed by atoms with van der Waals surface area (Å²) in [6, 6.07) is 6.18. The van der Waals surface area contributed by atoms with E-state index in [0.29, 0.717) is 19.0 Å². The number of benzene rings is 1. The Morgan fingerprint density at radius 2 is 2.04 bits per heavy atom. The quantitative estimate of drug-likeness (QED) is 0.865. The van der Waals surface area contributed by atoms with Gasteiger partial charge in [-0.05, 0) is 37.0 Å². The standard InChI is InChI=1S/C18H24N4O2/c1-12(2)15-6-5-13(3)16(9-15)24-11-18(23)21-7-8-22-14(4)19-20-17(22)10-21/h5-6,9,12H,7-8,10-11H2,1-4H3. The van der Waals surface area contributed by atoms with Crippen molar-refractivity contribution in [2.75, 3.05) is 13.2 Å². The molecule has 1 aliphatic heterocycles. The first-order valence-corrected chi connectivity index (χ1v) is 8.35. The lowest BCUT2D eigenvalue weighted by Gasteiger charge is -2.27. The lowest BCUT2D eigenvalue weighted by molar-refractivity contribution is -0.134. The maximum Gasteiger partial charge on any atom is 0.260 e. The highest BCUT2D eigenvalue weighted by atomic mass is 16.5. The Hall–Kier alpha value is -2.37. The average Bonchev–Trinajstić information content (AvgIpc) is 2.94. The Balaban J connectivity index is 1.63. The number of hydrogen-bond donors (Lipinski definition) is 0. The minimum atomic E-state index is -0.0174. The van der Waals surface area contributed by atoms with Gasteiger partial charge in [-0.2, -0.15) is 0 Å². The summed E-state index contributed by atoms with van der Waals surface area (Å²) < 4.78 is 7.86. The molecule has 6 heteroatoms. The van der Waals surface area contributed by atoms with Gasteiger partial charge in [0.15, 0.2) is 12.4 Å². The lowest BCUT2D eigenvalue weighted by Crippen LogP contribution is -2.41. The first kappa shape index (κ1) is 16.5. The van der Waals surface area contributed by atoms with Crippen LogP contribution in [0.25, 0.3) is 0 Å². The number of hydrogen-bond acceptors (Lipinski definition) is 4. The molecule has 0 spiro atoms. The molecule has 1 aliphatic rings. The van der Waals surface area contributed by atoms with Gasteiger partial charge in [0.2, 0.25) is 0 Å². The van der Waals surface area contributed by atoms with Crippen LogP contribution in [0.3, 0.4) is 0 Å². The van der Waals surface area contributed by atoms with Gasteiger partial charge in [0.1, 0.15) is 11.6 Å². The topological polar surface area (TPSA) is 60.2 Å². The summed E-state index contributed by atoms with van der Waals surface area (Å²) in [5.74, 6) is 2.93. The second-order valence-corrected chi connectivity index (χ2v) is 6.60. The fourth-order valence-corrected chi connectivity index (χ4v) is 2.88. The van der Waals surface area contributed by atoms with Crippen LogP contribution in [0.15, 0.2) is 18.2 Å². The van der Waals surface area contributed by atoms with Crippen molar-refractivity contribution in [3.05, 3.63) is 41.0 Å². The molecule has 0 radical (unpaired) electrons. The lowest BCUT2D eigenvalue weighted by atomic mass is 10.0. The molecule has 1 aromatic heterocycles. The smallest absolute Gasteiger partial charge is 0.260 e.